The van der Waals surface area contributed by atoms with Gasteiger partial charge in [0, 0.05) is 5.38 Å². The topological polar surface area (TPSA) is 0 Å². The number of alkyl halides is 1. The molecule has 0 heterocycles. The summed E-state index contributed by atoms with van der Waals surface area (Å²) in [5.74, 6) is 0.640. The van der Waals surface area contributed by atoms with E-state index in [-0.39, 0.29) is 5.38 Å². The maximum Gasteiger partial charge on any atom is 0.0404 e. The molecule has 1 heteroatoms. The summed E-state index contributed by atoms with van der Waals surface area (Å²) < 4.78 is 0. The first-order valence-corrected chi connectivity index (χ1v) is 6.72. The van der Waals surface area contributed by atoms with Gasteiger partial charge in [-0.25, -0.2) is 0 Å². The lowest BCUT2D eigenvalue weighted by atomic mass is 9.92. The molecule has 90 valence electrons. The molecule has 0 fully saturated rings. The van der Waals surface area contributed by atoms with Crippen molar-refractivity contribution in [3.8, 4) is 0 Å². The van der Waals surface area contributed by atoms with E-state index in [1.165, 1.54) is 29.5 Å². The molecular weight excluding hydrogens is 216 g/mol. The molecule has 1 aromatic carbocycles. The van der Waals surface area contributed by atoms with Gasteiger partial charge in [-0.2, -0.15) is 0 Å². The molecule has 1 aromatic rings. The molecule has 0 nitrogen and oxygen atoms in total. The van der Waals surface area contributed by atoms with Crippen LogP contribution in [0.1, 0.15) is 43.4 Å². The van der Waals surface area contributed by atoms with Crippen LogP contribution in [0.4, 0.5) is 0 Å². The van der Waals surface area contributed by atoms with Crippen LogP contribution >= 0.6 is 11.6 Å². The monoisotopic (exact) mass is 238 g/mol. The van der Waals surface area contributed by atoms with Gasteiger partial charge in [0.15, 0.2) is 0 Å². The molecule has 1 unspecified atom stereocenters. The zero-order chi connectivity index (χ0) is 12.1. The molecule has 1 atom stereocenters. The molecule has 0 radical (unpaired) electrons. The van der Waals surface area contributed by atoms with Crippen molar-refractivity contribution in [1.29, 1.82) is 0 Å². The first-order valence-electron chi connectivity index (χ1n) is 6.28. The van der Waals surface area contributed by atoms with E-state index in [9.17, 15) is 0 Å². The van der Waals surface area contributed by atoms with Crippen LogP contribution < -0.4 is 0 Å². The van der Waals surface area contributed by atoms with Crippen molar-refractivity contribution in [2.24, 2.45) is 5.92 Å². The van der Waals surface area contributed by atoms with Crippen LogP contribution in [0, 0.1) is 19.8 Å². The van der Waals surface area contributed by atoms with Crippen LogP contribution in [0.15, 0.2) is 18.2 Å². The molecule has 0 N–H and O–H groups in total. The van der Waals surface area contributed by atoms with Gasteiger partial charge in [0.2, 0.25) is 0 Å². The van der Waals surface area contributed by atoms with Crippen LogP contribution in [-0.4, -0.2) is 5.38 Å². The van der Waals surface area contributed by atoms with Gasteiger partial charge < -0.3 is 0 Å². The molecule has 0 saturated carbocycles. The van der Waals surface area contributed by atoms with Crippen molar-refractivity contribution in [1.82, 2.24) is 0 Å². The number of halogens is 1. The second kappa shape index (κ2) is 6.30. The van der Waals surface area contributed by atoms with E-state index in [2.05, 4.69) is 45.9 Å². The average molecular weight is 239 g/mol. The fourth-order valence-corrected chi connectivity index (χ4v) is 2.72. The largest absolute Gasteiger partial charge is 0.122 e. The minimum absolute atomic E-state index is 0.274. The first kappa shape index (κ1) is 13.6. The van der Waals surface area contributed by atoms with E-state index in [0.717, 1.165) is 6.42 Å². The van der Waals surface area contributed by atoms with Crippen LogP contribution in [0.2, 0.25) is 0 Å². The summed E-state index contributed by atoms with van der Waals surface area (Å²) in [6.45, 7) is 8.77. The Morgan fingerprint density at radius 2 is 1.75 bits per heavy atom. The van der Waals surface area contributed by atoms with Crippen LogP contribution in [0.25, 0.3) is 0 Å². The summed E-state index contributed by atoms with van der Waals surface area (Å²) in [7, 11) is 0. The van der Waals surface area contributed by atoms with Gasteiger partial charge in [0.05, 0.1) is 0 Å². The second-order valence-electron chi connectivity index (χ2n) is 4.73. The fraction of sp³-hybridized carbons (Fsp3) is 0.600. The lowest BCUT2D eigenvalue weighted by Crippen LogP contribution is -2.16. The zero-order valence-corrected chi connectivity index (χ0v) is 11.6. The Hall–Kier alpha value is -0.490. The maximum atomic E-state index is 6.51. The minimum atomic E-state index is 0.274. The molecule has 0 aliphatic rings. The van der Waals surface area contributed by atoms with Crippen molar-refractivity contribution in [2.45, 2.75) is 52.3 Å². The molecule has 0 amide bonds. The summed E-state index contributed by atoms with van der Waals surface area (Å²) in [5, 5.41) is 0.274. The number of benzene rings is 1. The van der Waals surface area contributed by atoms with Gasteiger partial charge in [0.1, 0.15) is 0 Å². The Kier molecular flexibility index (Phi) is 5.34. The van der Waals surface area contributed by atoms with E-state index >= 15 is 0 Å². The van der Waals surface area contributed by atoms with Gasteiger partial charge in [-0.3, -0.25) is 0 Å². The lowest BCUT2D eigenvalue weighted by molar-refractivity contribution is 0.463. The average Bonchev–Trinajstić information content (AvgIpc) is 2.25. The number of aryl methyl sites for hydroxylation is 2. The Labute approximate surface area is 105 Å². The van der Waals surface area contributed by atoms with E-state index in [1.54, 1.807) is 0 Å². The van der Waals surface area contributed by atoms with Crippen LogP contribution in [0.5, 0.6) is 0 Å². The van der Waals surface area contributed by atoms with Crippen molar-refractivity contribution in [3.05, 3.63) is 34.9 Å². The van der Waals surface area contributed by atoms with Gasteiger partial charge >= 0.3 is 0 Å². The predicted octanol–water partition coefficient (Wildman–Crippen LogP) is 4.89. The molecule has 0 aromatic heterocycles. The number of hydrogen-bond donors (Lipinski definition) is 0. The predicted molar refractivity (Wildman–Crippen MR) is 73.3 cm³/mol. The molecule has 0 bridgehead atoms. The molecule has 0 saturated heterocycles. The fourth-order valence-electron chi connectivity index (χ4n) is 2.20. The maximum absolute atomic E-state index is 6.51. The summed E-state index contributed by atoms with van der Waals surface area (Å²) in [4.78, 5) is 0. The van der Waals surface area contributed by atoms with E-state index < -0.39 is 0 Å². The highest BCUT2D eigenvalue weighted by molar-refractivity contribution is 6.20. The van der Waals surface area contributed by atoms with Gasteiger partial charge in [0.25, 0.3) is 0 Å². The smallest absolute Gasteiger partial charge is 0.0404 e. The Bertz CT molecular complexity index is 326. The van der Waals surface area contributed by atoms with Crippen molar-refractivity contribution < 1.29 is 0 Å². The molecule has 0 aliphatic carbocycles. The minimum Gasteiger partial charge on any atom is -0.122 e. The van der Waals surface area contributed by atoms with Crippen molar-refractivity contribution in [3.63, 3.8) is 0 Å². The van der Waals surface area contributed by atoms with E-state index in [1.807, 2.05) is 0 Å². The Morgan fingerprint density at radius 3 is 2.31 bits per heavy atom. The molecular formula is C15H23Cl. The molecule has 0 aliphatic heterocycles. The Balaban J connectivity index is 2.75. The van der Waals surface area contributed by atoms with Gasteiger partial charge in [-0.15, -0.1) is 11.6 Å². The summed E-state index contributed by atoms with van der Waals surface area (Å²) in [6, 6.07) is 6.63. The lowest BCUT2D eigenvalue weighted by Gasteiger charge is -2.20. The molecule has 1 rings (SSSR count). The quantitative estimate of drug-likeness (QED) is 0.641. The van der Waals surface area contributed by atoms with Gasteiger partial charge in [-0.05, 0) is 37.3 Å². The highest BCUT2D eigenvalue weighted by Crippen LogP contribution is 2.24. The second-order valence-corrected chi connectivity index (χ2v) is 5.29. The highest BCUT2D eigenvalue weighted by atomic mass is 35.5. The summed E-state index contributed by atoms with van der Waals surface area (Å²) in [5.41, 5.74) is 4.10. The normalized spacial score (nSPS) is 13.1. The summed E-state index contributed by atoms with van der Waals surface area (Å²) >= 11 is 6.51. The molecule has 0 spiro atoms. The highest BCUT2D eigenvalue weighted by Gasteiger charge is 2.16. The number of hydrogen-bond acceptors (Lipinski definition) is 0. The number of rotatable bonds is 5. The standard InChI is InChI=1S/C15H23Cl/c1-5-13(6-2)15(16)10-14-9-11(3)7-8-12(14)4/h7-9,13,15H,5-6,10H2,1-4H3. The zero-order valence-electron chi connectivity index (χ0n) is 10.9. The third kappa shape index (κ3) is 3.52. The van der Waals surface area contributed by atoms with Crippen LogP contribution in [-0.2, 0) is 6.42 Å². The van der Waals surface area contributed by atoms with Crippen molar-refractivity contribution in [2.75, 3.05) is 0 Å². The van der Waals surface area contributed by atoms with E-state index in [4.69, 9.17) is 11.6 Å². The third-order valence-electron chi connectivity index (χ3n) is 3.48. The van der Waals surface area contributed by atoms with E-state index in [0.29, 0.717) is 5.92 Å². The molecule has 16 heavy (non-hydrogen) atoms. The summed E-state index contributed by atoms with van der Waals surface area (Å²) in [6.07, 6.45) is 3.35. The van der Waals surface area contributed by atoms with Gasteiger partial charge in [-0.1, -0.05) is 50.5 Å². The SMILES string of the molecule is CCC(CC)C(Cl)Cc1cc(C)ccc1C. The van der Waals surface area contributed by atoms with Crippen molar-refractivity contribution >= 4 is 11.6 Å². The Morgan fingerprint density at radius 1 is 1.12 bits per heavy atom. The first-order chi connectivity index (χ1) is 7.58. The van der Waals surface area contributed by atoms with Crippen LogP contribution in [0.3, 0.4) is 0 Å². The third-order valence-corrected chi connectivity index (χ3v) is 3.99.